The summed E-state index contributed by atoms with van der Waals surface area (Å²) in [6, 6.07) is 0. The van der Waals surface area contributed by atoms with E-state index in [-0.39, 0.29) is 5.95 Å². The van der Waals surface area contributed by atoms with Gasteiger partial charge in [0.2, 0.25) is 5.95 Å². The van der Waals surface area contributed by atoms with Crippen molar-refractivity contribution in [1.82, 2.24) is 9.97 Å². The molecule has 0 aromatic carbocycles. The minimum atomic E-state index is -0.461. The molecule has 0 radical (unpaired) electrons. The Kier molecular flexibility index (Phi) is 4.94. The molecule has 90 valence electrons. The predicted molar refractivity (Wildman–Crippen MR) is 62.2 cm³/mol. The first kappa shape index (κ1) is 12.7. The lowest BCUT2D eigenvalue weighted by molar-refractivity contribution is 0.0615. The number of hydrogen-bond donors (Lipinski definition) is 3. The number of rotatable bonds is 6. The van der Waals surface area contributed by atoms with Gasteiger partial charge in [0.05, 0.1) is 12.7 Å². The van der Waals surface area contributed by atoms with Gasteiger partial charge in [-0.25, -0.2) is 4.98 Å². The average molecular weight is 226 g/mol. The van der Waals surface area contributed by atoms with Gasteiger partial charge in [0.15, 0.2) is 0 Å². The van der Waals surface area contributed by atoms with E-state index < -0.39 is 6.10 Å². The zero-order valence-corrected chi connectivity index (χ0v) is 9.60. The van der Waals surface area contributed by atoms with E-state index in [9.17, 15) is 5.11 Å². The zero-order chi connectivity index (χ0) is 12.0. The van der Waals surface area contributed by atoms with Crippen molar-refractivity contribution >= 4 is 11.8 Å². The van der Waals surface area contributed by atoms with Crippen molar-refractivity contribution in [3.63, 3.8) is 0 Å². The summed E-state index contributed by atoms with van der Waals surface area (Å²) in [4.78, 5) is 7.93. The molecule has 6 heteroatoms. The van der Waals surface area contributed by atoms with Crippen molar-refractivity contribution < 1.29 is 9.84 Å². The Hall–Kier alpha value is -1.40. The summed E-state index contributed by atoms with van der Waals surface area (Å²) >= 11 is 0. The van der Waals surface area contributed by atoms with Crippen molar-refractivity contribution in [1.29, 1.82) is 0 Å². The highest BCUT2D eigenvalue weighted by Crippen LogP contribution is 2.10. The molecule has 1 aromatic heterocycles. The van der Waals surface area contributed by atoms with Crippen LogP contribution < -0.4 is 11.1 Å². The normalized spacial score (nSPS) is 12.4. The zero-order valence-electron chi connectivity index (χ0n) is 9.60. The molecular formula is C10H18N4O2. The highest BCUT2D eigenvalue weighted by molar-refractivity contribution is 5.44. The molecule has 1 atom stereocenters. The predicted octanol–water partition coefficient (Wildman–Crippen LogP) is 0.177. The summed E-state index contributed by atoms with van der Waals surface area (Å²) in [6.07, 6.45) is 1.80. The van der Waals surface area contributed by atoms with E-state index >= 15 is 0 Å². The van der Waals surface area contributed by atoms with E-state index in [0.29, 0.717) is 25.4 Å². The molecule has 4 N–H and O–H groups in total. The Balaban J connectivity index is 2.39. The molecular weight excluding hydrogens is 208 g/mol. The van der Waals surface area contributed by atoms with Crippen LogP contribution in [0.4, 0.5) is 11.8 Å². The highest BCUT2D eigenvalue weighted by Gasteiger charge is 2.04. The average Bonchev–Trinajstić information content (AvgIpc) is 2.23. The van der Waals surface area contributed by atoms with E-state index in [4.69, 9.17) is 10.5 Å². The molecule has 0 fully saturated rings. The van der Waals surface area contributed by atoms with Crippen molar-refractivity contribution in [2.45, 2.75) is 19.4 Å². The van der Waals surface area contributed by atoms with Gasteiger partial charge in [0.1, 0.15) is 5.82 Å². The van der Waals surface area contributed by atoms with Gasteiger partial charge < -0.3 is 20.9 Å². The number of ether oxygens (including phenoxy) is 1. The quantitative estimate of drug-likeness (QED) is 0.640. The summed E-state index contributed by atoms with van der Waals surface area (Å²) in [5.74, 6) is 0.947. The fourth-order valence-corrected chi connectivity index (χ4v) is 1.27. The van der Waals surface area contributed by atoms with Gasteiger partial charge in [-0.3, -0.25) is 0 Å². The number of anilines is 2. The summed E-state index contributed by atoms with van der Waals surface area (Å²) in [5.41, 5.74) is 6.40. The number of nitrogen functional groups attached to an aromatic ring is 1. The van der Waals surface area contributed by atoms with Crippen LogP contribution in [0.1, 0.15) is 12.0 Å². The second kappa shape index (κ2) is 6.24. The number of nitrogens with zero attached hydrogens (tertiary/aromatic N) is 2. The van der Waals surface area contributed by atoms with Gasteiger partial charge in [-0.15, -0.1) is 0 Å². The second-order valence-electron chi connectivity index (χ2n) is 3.58. The first-order chi connectivity index (χ1) is 7.63. The summed E-state index contributed by atoms with van der Waals surface area (Å²) in [5, 5.41) is 12.5. The molecule has 0 saturated heterocycles. The van der Waals surface area contributed by atoms with Crippen molar-refractivity contribution in [2.24, 2.45) is 0 Å². The lowest BCUT2D eigenvalue weighted by Gasteiger charge is -2.11. The standard InChI is InChI=1S/C10H18N4O2/c1-7-5-13-10(11)14-9(7)12-4-3-8(15)6-16-2/h5,8,15H,3-4,6H2,1-2H3,(H3,11,12,13,14). The monoisotopic (exact) mass is 226 g/mol. The minimum absolute atomic E-state index is 0.241. The number of nitrogens with one attached hydrogen (secondary N) is 1. The number of nitrogens with two attached hydrogens (primary N) is 1. The Labute approximate surface area is 94.9 Å². The van der Waals surface area contributed by atoms with Crippen LogP contribution in [0.25, 0.3) is 0 Å². The van der Waals surface area contributed by atoms with Crippen LogP contribution in [0.5, 0.6) is 0 Å². The molecule has 0 aliphatic heterocycles. The van der Waals surface area contributed by atoms with Gasteiger partial charge in [0.25, 0.3) is 0 Å². The fraction of sp³-hybridized carbons (Fsp3) is 0.600. The Morgan fingerprint density at radius 1 is 1.62 bits per heavy atom. The fourth-order valence-electron chi connectivity index (χ4n) is 1.27. The van der Waals surface area contributed by atoms with Crippen molar-refractivity contribution in [3.05, 3.63) is 11.8 Å². The minimum Gasteiger partial charge on any atom is -0.391 e. The maximum absolute atomic E-state index is 9.43. The SMILES string of the molecule is COCC(O)CCNc1nc(N)ncc1C. The second-order valence-corrected chi connectivity index (χ2v) is 3.58. The number of aliphatic hydroxyl groups excluding tert-OH is 1. The van der Waals surface area contributed by atoms with Crippen LogP contribution in [0.2, 0.25) is 0 Å². The number of aryl methyl sites for hydroxylation is 1. The van der Waals surface area contributed by atoms with E-state index in [1.54, 1.807) is 13.3 Å². The van der Waals surface area contributed by atoms with Gasteiger partial charge in [-0.2, -0.15) is 4.98 Å². The molecule has 1 heterocycles. The number of aromatic nitrogens is 2. The number of methoxy groups -OCH3 is 1. The third kappa shape index (κ3) is 4.00. The Morgan fingerprint density at radius 3 is 3.06 bits per heavy atom. The van der Waals surface area contributed by atoms with Crippen LogP contribution in [0.15, 0.2) is 6.20 Å². The van der Waals surface area contributed by atoms with Gasteiger partial charge in [-0.05, 0) is 13.3 Å². The molecule has 0 aliphatic carbocycles. The first-order valence-corrected chi connectivity index (χ1v) is 5.13. The van der Waals surface area contributed by atoms with Crippen LogP contribution in [-0.2, 0) is 4.74 Å². The van der Waals surface area contributed by atoms with E-state index in [2.05, 4.69) is 15.3 Å². The Bertz CT molecular complexity index is 333. The van der Waals surface area contributed by atoms with E-state index in [0.717, 1.165) is 5.56 Å². The Morgan fingerprint density at radius 2 is 2.38 bits per heavy atom. The molecule has 0 bridgehead atoms. The third-order valence-electron chi connectivity index (χ3n) is 2.12. The van der Waals surface area contributed by atoms with Crippen LogP contribution in [0, 0.1) is 6.92 Å². The largest absolute Gasteiger partial charge is 0.391 e. The summed E-state index contributed by atoms with van der Waals surface area (Å²) < 4.78 is 4.83. The third-order valence-corrected chi connectivity index (χ3v) is 2.12. The molecule has 6 nitrogen and oxygen atoms in total. The first-order valence-electron chi connectivity index (χ1n) is 5.13. The van der Waals surface area contributed by atoms with E-state index in [1.807, 2.05) is 6.92 Å². The van der Waals surface area contributed by atoms with Crippen LogP contribution in [-0.4, -0.2) is 41.4 Å². The molecule has 1 unspecified atom stereocenters. The lowest BCUT2D eigenvalue weighted by atomic mass is 10.2. The van der Waals surface area contributed by atoms with Crippen LogP contribution >= 0.6 is 0 Å². The van der Waals surface area contributed by atoms with Gasteiger partial charge in [-0.1, -0.05) is 0 Å². The number of aliphatic hydroxyl groups is 1. The summed E-state index contributed by atoms with van der Waals surface area (Å²) in [6.45, 7) is 2.85. The molecule has 1 aromatic rings. The smallest absolute Gasteiger partial charge is 0.221 e. The van der Waals surface area contributed by atoms with Gasteiger partial charge >= 0.3 is 0 Å². The number of hydrogen-bond acceptors (Lipinski definition) is 6. The topological polar surface area (TPSA) is 93.3 Å². The van der Waals surface area contributed by atoms with Gasteiger partial charge in [0, 0.05) is 25.4 Å². The molecule has 0 aliphatic rings. The van der Waals surface area contributed by atoms with Crippen LogP contribution in [0.3, 0.4) is 0 Å². The lowest BCUT2D eigenvalue weighted by Crippen LogP contribution is -2.19. The van der Waals surface area contributed by atoms with Crippen molar-refractivity contribution in [2.75, 3.05) is 31.3 Å². The van der Waals surface area contributed by atoms with Crippen molar-refractivity contribution in [3.8, 4) is 0 Å². The molecule has 0 spiro atoms. The van der Waals surface area contributed by atoms with E-state index in [1.165, 1.54) is 0 Å². The molecule has 0 saturated carbocycles. The molecule has 1 rings (SSSR count). The summed E-state index contributed by atoms with van der Waals surface area (Å²) in [7, 11) is 1.56. The molecule has 16 heavy (non-hydrogen) atoms. The maximum Gasteiger partial charge on any atom is 0.221 e. The maximum atomic E-state index is 9.43. The highest BCUT2D eigenvalue weighted by atomic mass is 16.5. The molecule has 0 amide bonds.